The van der Waals surface area contributed by atoms with Gasteiger partial charge >= 0.3 is 0 Å². The molecule has 0 fully saturated rings. The van der Waals surface area contributed by atoms with E-state index in [1.807, 2.05) is 0 Å². The van der Waals surface area contributed by atoms with Gasteiger partial charge in [-0.3, -0.25) is 0 Å². The number of alkyl halides is 1. The summed E-state index contributed by atoms with van der Waals surface area (Å²) in [6.45, 7) is 4.25. The molecule has 102 valence electrons. The number of aromatic nitrogens is 2. The van der Waals surface area contributed by atoms with E-state index in [1.165, 1.54) is 0 Å². The molecule has 1 rings (SSSR count). The molecule has 5 nitrogen and oxygen atoms in total. The van der Waals surface area contributed by atoms with Crippen LogP contribution in [-0.4, -0.2) is 36.1 Å². The lowest BCUT2D eigenvalue weighted by molar-refractivity contribution is 0.372. The Morgan fingerprint density at radius 1 is 1.22 bits per heavy atom. The third-order valence-corrected chi connectivity index (χ3v) is 2.85. The average molecular weight is 274 g/mol. The third-order valence-electron chi connectivity index (χ3n) is 2.64. The lowest BCUT2D eigenvalue weighted by atomic mass is 10.0. The van der Waals surface area contributed by atoms with Crippen molar-refractivity contribution in [2.24, 2.45) is 5.92 Å². The second-order valence-corrected chi connectivity index (χ2v) is 4.63. The van der Waals surface area contributed by atoms with E-state index < -0.39 is 0 Å². The molecule has 0 aromatic carbocycles. The van der Waals surface area contributed by atoms with Crippen LogP contribution >= 0.6 is 11.6 Å². The molecular formula is C12H20ClN3O2. The smallest absolute Gasteiger partial charge is 0.229 e. The maximum atomic E-state index is 5.79. The number of rotatable bonds is 7. The van der Waals surface area contributed by atoms with E-state index in [4.69, 9.17) is 21.1 Å². The van der Waals surface area contributed by atoms with Crippen LogP contribution in [0.15, 0.2) is 6.07 Å². The molecule has 1 unspecified atom stereocenters. The van der Waals surface area contributed by atoms with Crippen LogP contribution in [0.2, 0.25) is 0 Å². The number of nitrogens with one attached hydrogen (secondary N) is 1. The summed E-state index contributed by atoms with van der Waals surface area (Å²) in [6, 6.07) is 1.86. The number of halogens is 1. The van der Waals surface area contributed by atoms with E-state index >= 15 is 0 Å². The second-order valence-electron chi connectivity index (χ2n) is 4.25. The van der Waals surface area contributed by atoms with Gasteiger partial charge in [-0.25, -0.2) is 0 Å². The van der Waals surface area contributed by atoms with E-state index in [1.54, 1.807) is 20.3 Å². The predicted octanol–water partition coefficient (Wildman–Crippen LogP) is 2.56. The lowest BCUT2D eigenvalue weighted by Gasteiger charge is -2.21. The zero-order chi connectivity index (χ0) is 13.5. The topological polar surface area (TPSA) is 56.3 Å². The minimum atomic E-state index is 0.222. The van der Waals surface area contributed by atoms with Crippen molar-refractivity contribution in [1.29, 1.82) is 0 Å². The van der Waals surface area contributed by atoms with Gasteiger partial charge in [0.05, 0.1) is 20.3 Å². The Kier molecular flexibility index (Phi) is 5.98. The number of anilines is 1. The average Bonchev–Trinajstić information content (AvgIpc) is 2.37. The number of ether oxygens (including phenoxy) is 2. The first-order valence-corrected chi connectivity index (χ1v) is 6.43. The Hall–Kier alpha value is -1.23. The van der Waals surface area contributed by atoms with Crippen LogP contribution in [0, 0.1) is 5.92 Å². The Balaban J connectivity index is 2.87. The van der Waals surface area contributed by atoms with Crippen molar-refractivity contribution in [3.63, 3.8) is 0 Å². The van der Waals surface area contributed by atoms with Gasteiger partial charge in [0, 0.05) is 11.9 Å². The quantitative estimate of drug-likeness (QED) is 0.774. The third kappa shape index (κ3) is 4.22. The maximum Gasteiger partial charge on any atom is 0.229 e. The lowest BCUT2D eigenvalue weighted by Crippen LogP contribution is -2.27. The molecule has 1 heterocycles. The summed E-state index contributed by atoms with van der Waals surface area (Å²) < 4.78 is 10.2. The highest BCUT2D eigenvalue weighted by Gasteiger charge is 2.15. The molecule has 1 N–H and O–H groups in total. The number of nitrogens with zero attached hydrogens (tertiary/aromatic N) is 2. The molecule has 0 radical (unpaired) electrons. The minimum Gasteiger partial charge on any atom is -0.481 e. The molecule has 0 aliphatic rings. The first-order chi connectivity index (χ1) is 8.60. The first-order valence-electron chi connectivity index (χ1n) is 5.90. The minimum absolute atomic E-state index is 0.222. The molecule has 1 aromatic rings. The van der Waals surface area contributed by atoms with Gasteiger partial charge in [-0.1, -0.05) is 13.8 Å². The van der Waals surface area contributed by atoms with Crippen LogP contribution in [0.3, 0.4) is 0 Å². The van der Waals surface area contributed by atoms with E-state index in [2.05, 4.69) is 29.1 Å². The summed E-state index contributed by atoms with van der Waals surface area (Å²) >= 11 is 5.79. The van der Waals surface area contributed by atoms with Crippen molar-refractivity contribution in [3.8, 4) is 11.8 Å². The van der Waals surface area contributed by atoms with E-state index in [0.717, 1.165) is 6.42 Å². The molecule has 1 aromatic heterocycles. The summed E-state index contributed by atoms with van der Waals surface area (Å²) in [5, 5.41) is 3.26. The summed E-state index contributed by atoms with van der Waals surface area (Å²) in [5.74, 6) is 2.46. The van der Waals surface area contributed by atoms with Gasteiger partial charge in [0.2, 0.25) is 17.7 Å². The standard InChI is InChI=1S/C12H20ClN3O2/c1-8(2)9(5-6-13)14-12-15-10(17-3)7-11(16-12)18-4/h7-9H,5-6H2,1-4H3,(H,14,15,16). The van der Waals surface area contributed by atoms with E-state index in [9.17, 15) is 0 Å². The van der Waals surface area contributed by atoms with Gasteiger partial charge in [-0.15, -0.1) is 11.6 Å². The van der Waals surface area contributed by atoms with Gasteiger partial charge in [-0.2, -0.15) is 9.97 Å². The molecule has 0 spiro atoms. The first kappa shape index (κ1) is 14.8. The zero-order valence-corrected chi connectivity index (χ0v) is 12.0. The predicted molar refractivity (Wildman–Crippen MR) is 72.7 cm³/mol. The summed E-state index contributed by atoms with van der Waals surface area (Å²) in [6.07, 6.45) is 0.849. The second kappa shape index (κ2) is 7.26. The highest BCUT2D eigenvalue weighted by molar-refractivity contribution is 6.17. The SMILES string of the molecule is COc1cc(OC)nc(NC(CCCl)C(C)C)n1. The summed E-state index contributed by atoms with van der Waals surface area (Å²) in [5.41, 5.74) is 0. The number of hydrogen-bond acceptors (Lipinski definition) is 5. The highest BCUT2D eigenvalue weighted by atomic mass is 35.5. The van der Waals surface area contributed by atoms with Crippen molar-refractivity contribution in [1.82, 2.24) is 9.97 Å². The van der Waals surface area contributed by atoms with Crippen LogP contribution in [0.25, 0.3) is 0 Å². The van der Waals surface area contributed by atoms with Crippen LogP contribution in [0.5, 0.6) is 11.8 Å². The van der Waals surface area contributed by atoms with Gasteiger partial charge in [0.1, 0.15) is 0 Å². The molecule has 0 saturated carbocycles. The van der Waals surface area contributed by atoms with E-state index in [-0.39, 0.29) is 6.04 Å². The molecule has 0 amide bonds. The normalized spacial score (nSPS) is 12.3. The van der Waals surface area contributed by atoms with Crippen molar-refractivity contribution >= 4 is 17.5 Å². The monoisotopic (exact) mass is 273 g/mol. The fourth-order valence-electron chi connectivity index (χ4n) is 1.53. The van der Waals surface area contributed by atoms with Gasteiger partial charge < -0.3 is 14.8 Å². The van der Waals surface area contributed by atoms with Crippen molar-refractivity contribution in [2.45, 2.75) is 26.3 Å². The van der Waals surface area contributed by atoms with Gasteiger partial charge in [0.15, 0.2) is 0 Å². The Bertz CT molecular complexity index is 352. The fraction of sp³-hybridized carbons (Fsp3) is 0.667. The van der Waals surface area contributed by atoms with Crippen LogP contribution in [0.4, 0.5) is 5.95 Å². The van der Waals surface area contributed by atoms with Crippen molar-refractivity contribution in [2.75, 3.05) is 25.4 Å². The molecule has 0 saturated heterocycles. The molecule has 6 heteroatoms. The highest BCUT2D eigenvalue weighted by Crippen LogP contribution is 2.20. The number of methoxy groups -OCH3 is 2. The van der Waals surface area contributed by atoms with Crippen LogP contribution in [0.1, 0.15) is 20.3 Å². The molecular weight excluding hydrogens is 254 g/mol. The molecule has 18 heavy (non-hydrogen) atoms. The molecule has 0 aliphatic heterocycles. The maximum absolute atomic E-state index is 5.79. The van der Waals surface area contributed by atoms with Crippen LogP contribution in [-0.2, 0) is 0 Å². The fourth-order valence-corrected chi connectivity index (χ4v) is 1.77. The molecule has 0 bridgehead atoms. The Morgan fingerprint density at radius 2 is 1.78 bits per heavy atom. The molecule has 0 aliphatic carbocycles. The summed E-state index contributed by atoms with van der Waals surface area (Å²) in [7, 11) is 3.12. The molecule has 1 atom stereocenters. The van der Waals surface area contributed by atoms with Crippen molar-refractivity contribution in [3.05, 3.63) is 6.07 Å². The Labute approximate surface area is 113 Å². The van der Waals surface area contributed by atoms with E-state index in [0.29, 0.717) is 29.5 Å². The zero-order valence-electron chi connectivity index (χ0n) is 11.2. The Morgan fingerprint density at radius 3 is 2.17 bits per heavy atom. The largest absolute Gasteiger partial charge is 0.481 e. The van der Waals surface area contributed by atoms with Gasteiger partial charge in [-0.05, 0) is 12.3 Å². The van der Waals surface area contributed by atoms with Crippen molar-refractivity contribution < 1.29 is 9.47 Å². The number of hydrogen-bond donors (Lipinski definition) is 1. The summed E-state index contributed by atoms with van der Waals surface area (Å²) in [4.78, 5) is 8.47. The van der Waals surface area contributed by atoms with Crippen LogP contribution < -0.4 is 14.8 Å². The van der Waals surface area contributed by atoms with Gasteiger partial charge in [0.25, 0.3) is 0 Å².